The summed E-state index contributed by atoms with van der Waals surface area (Å²) in [5.41, 5.74) is 1.36. The number of amides is 1. The summed E-state index contributed by atoms with van der Waals surface area (Å²) in [4.78, 5) is 12.7. The van der Waals surface area contributed by atoms with Crippen LogP contribution in [0.2, 0.25) is 0 Å². The first-order valence-electron chi connectivity index (χ1n) is 10.5. The average molecular weight is 484 g/mol. The highest BCUT2D eigenvalue weighted by atomic mass is 32.2. The van der Waals surface area contributed by atoms with E-state index in [1.807, 2.05) is 13.8 Å². The van der Waals surface area contributed by atoms with E-state index in [0.29, 0.717) is 16.9 Å². The first-order valence-corrected chi connectivity index (χ1v) is 12.1. The summed E-state index contributed by atoms with van der Waals surface area (Å²) in [6.45, 7) is 1.26. The maximum absolute atomic E-state index is 12.7. The van der Waals surface area contributed by atoms with Gasteiger partial charge in [-0.15, -0.1) is 0 Å². The van der Waals surface area contributed by atoms with Crippen LogP contribution in [0.25, 0.3) is 0 Å². The molecule has 3 rings (SSSR count). The summed E-state index contributed by atoms with van der Waals surface area (Å²) in [6.07, 6.45) is -0.376. The zero-order valence-corrected chi connectivity index (χ0v) is 19.1. The third-order valence-corrected chi connectivity index (χ3v) is 6.76. The van der Waals surface area contributed by atoms with Crippen molar-refractivity contribution >= 4 is 27.3 Å². The topological polar surface area (TPSA) is 97.0 Å². The van der Waals surface area contributed by atoms with Crippen molar-refractivity contribution in [3.05, 3.63) is 54.1 Å². The van der Waals surface area contributed by atoms with E-state index in [4.69, 9.17) is 4.74 Å². The van der Waals surface area contributed by atoms with E-state index in [-0.39, 0.29) is 43.3 Å². The largest absolute Gasteiger partial charge is 0.435 e. The molecular formula is C22H27F2N3O5S. The van der Waals surface area contributed by atoms with Crippen LogP contribution in [-0.2, 0) is 14.8 Å². The molecule has 11 heteroatoms. The fraction of sp³-hybridized carbons (Fsp3) is 0.409. The molecule has 0 saturated carbocycles. The smallest absolute Gasteiger partial charge is 0.387 e. The van der Waals surface area contributed by atoms with Gasteiger partial charge in [0.1, 0.15) is 5.75 Å². The van der Waals surface area contributed by atoms with Gasteiger partial charge in [0.2, 0.25) is 10.0 Å². The number of alkyl halides is 2. The van der Waals surface area contributed by atoms with Gasteiger partial charge in [-0.05, 0) is 50.2 Å². The van der Waals surface area contributed by atoms with Crippen molar-refractivity contribution in [2.24, 2.45) is 0 Å². The van der Waals surface area contributed by atoms with Gasteiger partial charge in [0, 0.05) is 25.3 Å². The summed E-state index contributed by atoms with van der Waals surface area (Å²) in [5.74, 6) is -0.638. The lowest BCUT2D eigenvalue weighted by Crippen LogP contribution is -2.49. The number of rotatable bonds is 9. The molecule has 2 unspecified atom stereocenters. The van der Waals surface area contributed by atoms with Gasteiger partial charge < -0.3 is 20.1 Å². The zero-order chi connectivity index (χ0) is 24.0. The summed E-state index contributed by atoms with van der Waals surface area (Å²) in [5, 5.41) is 5.71. The number of carbonyl (C=O) groups is 1. The van der Waals surface area contributed by atoms with Crippen molar-refractivity contribution in [3.63, 3.8) is 0 Å². The highest BCUT2D eigenvalue weighted by Crippen LogP contribution is 2.24. The molecular weight excluding hydrogens is 456 g/mol. The monoisotopic (exact) mass is 483 g/mol. The predicted molar refractivity (Wildman–Crippen MR) is 121 cm³/mol. The van der Waals surface area contributed by atoms with Gasteiger partial charge >= 0.3 is 6.61 Å². The van der Waals surface area contributed by atoms with E-state index in [1.54, 1.807) is 36.4 Å². The maximum atomic E-state index is 12.7. The number of ether oxygens (including phenoxy) is 2. The van der Waals surface area contributed by atoms with E-state index in [1.165, 1.54) is 16.4 Å². The number of sulfonamides is 1. The summed E-state index contributed by atoms with van der Waals surface area (Å²) in [6, 6.07) is 12.6. The van der Waals surface area contributed by atoms with Gasteiger partial charge in [0.15, 0.2) is 0 Å². The van der Waals surface area contributed by atoms with Crippen LogP contribution in [0.15, 0.2) is 48.5 Å². The molecule has 1 aliphatic rings. The Morgan fingerprint density at radius 2 is 1.76 bits per heavy atom. The van der Waals surface area contributed by atoms with E-state index < -0.39 is 22.5 Å². The molecule has 0 aromatic heterocycles. The fourth-order valence-corrected chi connectivity index (χ4v) is 5.03. The Kier molecular flexibility index (Phi) is 8.22. The Morgan fingerprint density at radius 1 is 1.12 bits per heavy atom. The van der Waals surface area contributed by atoms with E-state index in [2.05, 4.69) is 15.4 Å². The minimum Gasteiger partial charge on any atom is -0.435 e. The molecule has 1 heterocycles. The minimum atomic E-state index is -3.54. The minimum absolute atomic E-state index is 0.0202. The van der Waals surface area contributed by atoms with Crippen molar-refractivity contribution in [2.75, 3.05) is 30.7 Å². The fourth-order valence-electron chi connectivity index (χ4n) is 3.54. The van der Waals surface area contributed by atoms with Gasteiger partial charge in [0.05, 0.1) is 29.2 Å². The van der Waals surface area contributed by atoms with Gasteiger partial charge in [-0.2, -0.15) is 13.1 Å². The molecule has 0 aliphatic carbocycles. The first-order chi connectivity index (χ1) is 15.6. The van der Waals surface area contributed by atoms with Crippen LogP contribution in [0.1, 0.15) is 24.2 Å². The number of hydrogen-bond acceptors (Lipinski definition) is 6. The number of nitrogens with zero attached hydrogens (tertiary/aromatic N) is 1. The Morgan fingerprint density at radius 3 is 2.39 bits per heavy atom. The first kappa shape index (κ1) is 24.9. The standard InChI is InChI=1S/C22H27F2N3O5S/c1-15-13-27(14-16(2)31-15)33(29,30)12-11-25-21(28)19-5-3-4-6-20(19)26-17-7-9-18(10-8-17)32-22(23)24/h3-10,15-16,22,26H,11-14H2,1-2H3,(H,25,28). The number of benzene rings is 2. The molecule has 8 nitrogen and oxygen atoms in total. The van der Waals surface area contributed by atoms with E-state index in [0.717, 1.165) is 0 Å². The molecule has 180 valence electrons. The normalized spacial score (nSPS) is 19.3. The molecule has 0 bridgehead atoms. The maximum Gasteiger partial charge on any atom is 0.387 e. The Balaban J connectivity index is 1.59. The molecule has 2 aromatic rings. The number of nitrogens with one attached hydrogen (secondary N) is 2. The average Bonchev–Trinajstić information content (AvgIpc) is 2.74. The van der Waals surface area contributed by atoms with Crippen LogP contribution in [0.4, 0.5) is 20.2 Å². The van der Waals surface area contributed by atoms with Crippen LogP contribution < -0.4 is 15.4 Å². The Hall–Kier alpha value is -2.76. The lowest BCUT2D eigenvalue weighted by atomic mass is 10.1. The van der Waals surface area contributed by atoms with Crippen LogP contribution in [0.3, 0.4) is 0 Å². The molecule has 1 saturated heterocycles. The number of para-hydroxylation sites is 1. The Bertz CT molecular complexity index is 1040. The van der Waals surface area contributed by atoms with Crippen LogP contribution >= 0.6 is 0 Å². The molecule has 2 N–H and O–H groups in total. The SMILES string of the molecule is CC1CN(S(=O)(=O)CCNC(=O)c2ccccc2Nc2ccc(OC(F)F)cc2)CC(C)O1. The number of hydrogen-bond donors (Lipinski definition) is 2. The van der Waals surface area contributed by atoms with E-state index in [9.17, 15) is 22.0 Å². The second kappa shape index (κ2) is 10.9. The van der Waals surface area contributed by atoms with Crippen molar-refractivity contribution in [3.8, 4) is 5.75 Å². The summed E-state index contributed by atoms with van der Waals surface area (Å²) < 4.78 is 61.2. The second-order valence-electron chi connectivity index (χ2n) is 7.72. The van der Waals surface area contributed by atoms with Gasteiger partial charge in [0.25, 0.3) is 5.91 Å². The molecule has 1 fully saturated rings. The van der Waals surface area contributed by atoms with Gasteiger partial charge in [-0.25, -0.2) is 8.42 Å². The molecule has 0 spiro atoms. The highest BCUT2D eigenvalue weighted by molar-refractivity contribution is 7.89. The van der Waals surface area contributed by atoms with Gasteiger partial charge in [-0.3, -0.25) is 4.79 Å². The van der Waals surface area contributed by atoms with Crippen molar-refractivity contribution in [1.82, 2.24) is 9.62 Å². The molecule has 33 heavy (non-hydrogen) atoms. The summed E-state index contributed by atoms with van der Waals surface area (Å²) in [7, 11) is -3.54. The predicted octanol–water partition coefficient (Wildman–Crippen LogP) is 3.20. The molecule has 1 aliphatic heterocycles. The zero-order valence-electron chi connectivity index (χ0n) is 18.3. The highest BCUT2D eigenvalue weighted by Gasteiger charge is 2.30. The number of anilines is 2. The molecule has 2 atom stereocenters. The van der Waals surface area contributed by atoms with Gasteiger partial charge in [-0.1, -0.05) is 12.1 Å². The van der Waals surface area contributed by atoms with Crippen molar-refractivity contribution in [2.45, 2.75) is 32.7 Å². The number of halogens is 2. The van der Waals surface area contributed by atoms with Crippen LogP contribution in [0.5, 0.6) is 5.75 Å². The second-order valence-corrected chi connectivity index (χ2v) is 9.81. The van der Waals surface area contributed by atoms with Crippen molar-refractivity contribution < 1.29 is 31.5 Å². The molecule has 0 radical (unpaired) electrons. The number of carbonyl (C=O) groups excluding carboxylic acids is 1. The Labute approximate surface area is 191 Å². The lowest BCUT2D eigenvalue weighted by Gasteiger charge is -2.34. The third kappa shape index (κ3) is 7.11. The molecule has 2 aromatic carbocycles. The lowest BCUT2D eigenvalue weighted by molar-refractivity contribution is -0.0498. The van der Waals surface area contributed by atoms with Crippen LogP contribution in [0, 0.1) is 0 Å². The van der Waals surface area contributed by atoms with E-state index >= 15 is 0 Å². The molecule has 1 amide bonds. The van der Waals surface area contributed by atoms with Crippen LogP contribution in [-0.4, -0.2) is 62.8 Å². The van der Waals surface area contributed by atoms with Crippen molar-refractivity contribution in [1.29, 1.82) is 0 Å². The number of morpholine rings is 1. The third-order valence-electron chi connectivity index (χ3n) is 4.96. The quantitative estimate of drug-likeness (QED) is 0.569. The summed E-state index contributed by atoms with van der Waals surface area (Å²) >= 11 is 0.